The number of hydrogen-bond acceptors (Lipinski definition) is 3. The monoisotopic (exact) mass is 306 g/mol. The normalized spacial score (nSPS) is 24.0. The van der Waals surface area contributed by atoms with Crippen molar-refractivity contribution in [2.45, 2.75) is 59.1 Å². The fourth-order valence-electron chi connectivity index (χ4n) is 3.32. The summed E-state index contributed by atoms with van der Waals surface area (Å²) in [5.41, 5.74) is 2.31. The van der Waals surface area contributed by atoms with Gasteiger partial charge in [-0.3, -0.25) is 0 Å². The average molecular weight is 306 g/mol. The Kier molecular flexibility index (Phi) is 4.88. The van der Waals surface area contributed by atoms with Crippen molar-refractivity contribution >= 4 is 6.09 Å². The van der Waals surface area contributed by atoms with Gasteiger partial charge in [0.1, 0.15) is 5.60 Å². The molecule has 0 aromatic rings. The molecule has 1 amide bonds. The summed E-state index contributed by atoms with van der Waals surface area (Å²) in [6.45, 7) is 16.8. The van der Waals surface area contributed by atoms with E-state index in [9.17, 15) is 4.79 Å². The number of hydrogen-bond donors (Lipinski definition) is 0. The first kappa shape index (κ1) is 16.9. The molecule has 2 aliphatic heterocycles. The summed E-state index contributed by atoms with van der Waals surface area (Å²) in [7, 11) is 0. The van der Waals surface area contributed by atoms with Gasteiger partial charge < -0.3 is 14.5 Å². The van der Waals surface area contributed by atoms with Gasteiger partial charge in [-0.25, -0.2) is 4.79 Å². The van der Waals surface area contributed by atoms with Crippen LogP contribution in [0, 0.1) is 5.92 Å². The Bertz CT molecular complexity index is 468. The standard InChI is InChI=1S/C18H30N2O2/c1-7-16-14(3)13(2)12-20(16)15-8-10-19(11-9-15)17(21)22-18(4,5)6/h7,13,15H,1,8-12H2,2-6H3. The molecule has 0 aliphatic carbocycles. The van der Waals surface area contributed by atoms with Crippen LogP contribution in [0.1, 0.15) is 47.5 Å². The molecular formula is C18H30N2O2. The van der Waals surface area contributed by atoms with Crippen LogP contribution in [0.25, 0.3) is 0 Å². The van der Waals surface area contributed by atoms with E-state index >= 15 is 0 Å². The molecule has 0 saturated carbocycles. The van der Waals surface area contributed by atoms with Crippen LogP contribution in [0.4, 0.5) is 4.79 Å². The number of allylic oxidation sites excluding steroid dienone is 1. The Hall–Kier alpha value is -1.45. The van der Waals surface area contributed by atoms with Gasteiger partial charge >= 0.3 is 6.09 Å². The highest BCUT2D eigenvalue weighted by Gasteiger charge is 2.33. The largest absolute Gasteiger partial charge is 0.444 e. The quantitative estimate of drug-likeness (QED) is 0.778. The van der Waals surface area contributed by atoms with Gasteiger partial charge in [0, 0.05) is 31.4 Å². The van der Waals surface area contributed by atoms with E-state index in [-0.39, 0.29) is 6.09 Å². The van der Waals surface area contributed by atoms with Crippen LogP contribution in [0.5, 0.6) is 0 Å². The van der Waals surface area contributed by atoms with Crippen molar-refractivity contribution < 1.29 is 9.53 Å². The number of nitrogens with zero attached hydrogens (tertiary/aromatic N) is 2. The number of amides is 1. The van der Waals surface area contributed by atoms with Gasteiger partial charge in [-0.15, -0.1) is 0 Å². The molecule has 1 fully saturated rings. The summed E-state index contributed by atoms with van der Waals surface area (Å²) in [5.74, 6) is 0.594. The topological polar surface area (TPSA) is 32.8 Å². The van der Waals surface area contributed by atoms with Crippen LogP contribution in [-0.4, -0.2) is 47.2 Å². The highest BCUT2D eigenvalue weighted by Crippen LogP contribution is 2.33. The Morgan fingerprint density at radius 2 is 1.91 bits per heavy atom. The molecule has 2 rings (SSSR count). The second-order valence-electron chi connectivity index (χ2n) is 7.52. The van der Waals surface area contributed by atoms with E-state index < -0.39 is 5.60 Å². The second-order valence-corrected chi connectivity index (χ2v) is 7.52. The second kappa shape index (κ2) is 6.35. The first-order valence-corrected chi connectivity index (χ1v) is 8.30. The van der Waals surface area contributed by atoms with Crippen molar-refractivity contribution in [1.82, 2.24) is 9.80 Å². The molecule has 0 aromatic heterocycles. The number of likely N-dealkylation sites (tertiary alicyclic amines) is 1. The molecule has 0 radical (unpaired) electrons. The van der Waals surface area contributed by atoms with Crippen molar-refractivity contribution in [3.8, 4) is 0 Å². The number of carbonyl (C=O) groups excluding carboxylic acids is 1. The Labute approximate surface area is 134 Å². The Balaban J connectivity index is 1.93. The van der Waals surface area contributed by atoms with E-state index in [1.807, 2.05) is 31.7 Å². The maximum atomic E-state index is 12.1. The van der Waals surface area contributed by atoms with Crippen molar-refractivity contribution in [3.05, 3.63) is 23.9 Å². The molecule has 0 aromatic carbocycles. The molecule has 0 spiro atoms. The number of carbonyl (C=O) groups is 1. The fourth-order valence-corrected chi connectivity index (χ4v) is 3.32. The minimum absolute atomic E-state index is 0.184. The summed E-state index contributed by atoms with van der Waals surface area (Å²) in [6.07, 6.45) is 3.79. The molecule has 1 unspecified atom stereocenters. The lowest BCUT2D eigenvalue weighted by Gasteiger charge is -2.39. The van der Waals surface area contributed by atoms with Gasteiger partial charge in [0.05, 0.1) is 0 Å². The molecule has 4 nitrogen and oxygen atoms in total. The van der Waals surface area contributed by atoms with Crippen molar-refractivity contribution in [2.75, 3.05) is 19.6 Å². The third-order valence-corrected chi connectivity index (χ3v) is 4.67. The van der Waals surface area contributed by atoms with Gasteiger partial charge in [-0.2, -0.15) is 0 Å². The van der Waals surface area contributed by atoms with Crippen LogP contribution in [0.2, 0.25) is 0 Å². The van der Waals surface area contributed by atoms with Gasteiger partial charge in [-0.1, -0.05) is 13.5 Å². The predicted octanol–water partition coefficient (Wildman–Crippen LogP) is 3.80. The Morgan fingerprint density at radius 1 is 1.32 bits per heavy atom. The number of piperidine rings is 1. The molecule has 124 valence electrons. The molecule has 2 heterocycles. The summed E-state index contributed by atoms with van der Waals surface area (Å²) >= 11 is 0. The highest BCUT2D eigenvalue weighted by molar-refractivity contribution is 5.68. The Morgan fingerprint density at radius 3 is 2.41 bits per heavy atom. The molecule has 4 heteroatoms. The van der Waals surface area contributed by atoms with E-state index in [1.165, 1.54) is 11.3 Å². The zero-order chi connectivity index (χ0) is 16.5. The average Bonchev–Trinajstić information content (AvgIpc) is 2.72. The minimum Gasteiger partial charge on any atom is -0.444 e. The molecule has 1 saturated heterocycles. The third-order valence-electron chi connectivity index (χ3n) is 4.67. The minimum atomic E-state index is -0.422. The van der Waals surface area contributed by atoms with Crippen LogP contribution in [0.15, 0.2) is 23.9 Å². The van der Waals surface area contributed by atoms with E-state index in [0.29, 0.717) is 12.0 Å². The maximum absolute atomic E-state index is 12.1. The first-order valence-electron chi connectivity index (χ1n) is 8.30. The zero-order valence-electron chi connectivity index (χ0n) is 14.7. The van der Waals surface area contributed by atoms with Crippen LogP contribution >= 0.6 is 0 Å². The summed E-state index contributed by atoms with van der Waals surface area (Å²) < 4.78 is 5.46. The van der Waals surface area contributed by atoms with E-state index in [1.54, 1.807) is 0 Å². The maximum Gasteiger partial charge on any atom is 0.410 e. The molecule has 2 aliphatic rings. The van der Waals surface area contributed by atoms with Crippen molar-refractivity contribution in [3.63, 3.8) is 0 Å². The van der Waals surface area contributed by atoms with Crippen molar-refractivity contribution in [1.29, 1.82) is 0 Å². The molecule has 0 N–H and O–H groups in total. The van der Waals surface area contributed by atoms with E-state index in [0.717, 1.165) is 32.5 Å². The third kappa shape index (κ3) is 3.65. The van der Waals surface area contributed by atoms with Crippen LogP contribution in [0.3, 0.4) is 0 Å². The fraction of sp³-hybridized carbons (Fsp3) is 0.722. The lowest BCUT2D eigenvalue weighted by molar-refractivity contribution is 0.0164. The van der Waals surface area contributed by atoms with Crippen LogP contribution in [-0.2, 0) is 4.74 Å². The summed E-state index contributed by atoms with van der Waals surface area (Å²) in [6, 6.07) is 0.506. The van der Waals surface area contributed by atoms with E-state index in [4.69, 9.17) is 4.74 Å². The summed E-state index contributed by atoms with van der Waals surface area (Å²) in [5, 5.41) is 0. The number of rotatable bonds is 2. The highest BCUT2D eigenvalue weighted by atomic mass is 16.6. The van der Waals surface area contributed by atoms with Gasteiger partial charge in [-0.05, 0) is 58.1 Å². The SMILES string of the molecule is C=CC1=C(C)C(C)CN1C1CCN(C(=O)OC(C)(C)C)CC1. The number of ether oxygens (including phenoxy) is 1. The summed E-state index contributed by atoms with van der Waals surface area (Å²) in [4.78, 5) is 16.5. The molecular weight excluding hydrogens is 276 g/mol. The molecule has 1 atom stereocenters. The molecule has 0 bridgehead atoms. The predicted molar refractivity (Wildman–Crippen MR) is 89.6 cm³/mol. The van der Waals surface area contributed by atoms with Gasteiger partial charge in [0.15, 0.2) is 0 Å². The van der Waals surface area contributed by atoms with Crippen LogP contribution < -0.4 is 0 Å². The lowest BCUT2D eigenvalue weighted by Crippen LogP contribution is -2.47. The van der Waals surface area contributed by atoms with Gasteiger partial charge in [0.2, 0.25) is 0 Å². The van der Waals surface area contributed by atoms with Crippen molar-refractivity contribution in [2.24, 2.45) is 5.92 Å². The lowest BCUT2D eigenvalue weighted by atomic mass is 10.0. The first-order chi connectivity index (χ1) is 10.2. The zero-order valence-corrected chi connectivity index (χ0v) is 14.7. The smallest absolute Gasteiger partial charge is 0.410 e. The van der Waals surface area contributed by atoms with Gasteiger partial charge in [0.25, 0.3) is 0 Å². The molecule has 22 heavy (non-hydrogen) atoms. The van der Waals surface area contributed by atoms with E-state index in [2.05, 4.69) is 25.3 Å².